The molecule has 3 saturated heterocycles. The SMILES string of the molecule is Cc1cc(C)c(S(=O)(=O)N2CCN(C(=O)[C@@H]3CS[C@@]4(C)CCC(=O)N34)CC2)c(C)c1. The van der Waals surface area contributed by atoms with E-state index in [1.165, 1.54) is 4.31 Å². The van der Waals surface area contributed by atoms with Crippen LogP contribution in [0.3, 0.4) is 0 Å². The Morgan fingerprint density at radius 1 is 1.10 bits per heavy atom. The second-order valence-electron chi connectivity index (χ2n) is 8.72. The second kappa shape index (κ2) is 7.53. The van der Waals surface area contributed by atoms with Crippen molar-refractivity contribution >= 4 is 33.6 Å². The molecule has 0 saturated carbocycles. The van der Waals surface area contributed by atoms with E-state index >= 15 is 0 Å². The molecule has 164 valence electrons. The van der Waals surface area contributed by atoms with Gasteiger partial charge in [0.15, 0.2) is 0 Å². The molecule has 1 aromatic carbocycles. The predicted octanol–water partition coefficient (Wildman–Crippen LogP) is 1.90. The fourth-order valence-electron chi connectivity index (χ4n) is 5.07. The molecule has 3 aliphatic rings. The highest BCUT2D eigenvalue weighted by atomic mass is 32.2. The van der Waals surface area contributed by atoms with Crippen molar-refractivity contribution in [2.45, 2.75) is 56.3 Å². The maximum atomic E-state index is 13.3. The number of rotatable bonds is 3. The molecule has 0 aromatic heterocycles. The lowest BCUT2D eigenvalue weighted by molar-refractivity contribution is -0.144. The fraction of sp³-hybridized carbons (Fsp3) is 0.619. The molecule has 0 N–H and O–H groups in total. The number of nitrogens with zero attached hydrogens (tertiary/aromatic N) is 3. The highest BCUT2D eigenvalue weighted by molar-refractivity contribution is 8.01. The van der Waals surface area contributed by atoms with E-state index in [4.69, 9.17) is 0 Å². The third kappa shape index (κ3) is 3.44. The molecule has 30 heavy (non-hydrogen) atoms. The lowest BCUT2D eigenvalue weighted by Gasteiger charge is -2.37. The predicted molar refractivity (Wildman–Crippen MR) is 117 cm³/mol. The van der Waals surface area contributed by atoms with Gasteiger partial charge in [0.05, 0.1) is 9.77 Å². The zero-order valence-corrected chi connectivity index (χ0v) is 19.6. The van der Waals surface area contributed by atoms with E-state index in [2.05, 4.69) is 0 Å². The van der Waals surface area contributed by atoms with Crippen LogP contribution in [0.5, 0.6) is 0 Å². The molecule has 7 nitrogen and oxygen atoms in total. The Labute approximate surface area is 182 Å². The van der Waals surface area contributed by atoms with Crippen molar-refractivity contribution < 1.29 is 18.0 Å². The summed E-state index contributed by atoms with van der Waals surface area (Å²) in [6.07, 6.45) is 1.27. The number of carbonyl (C=O) groups excluding carboxylic acids is 2. The summed E-state index contributed by atoms with van der Waals surface area (Å²) in [6.45, 7) is 8.88. The van der Waals surface area contributed by atoms with Crippen LogP contribution in [0, 0.1) is 20.8 Å². The molecule has 0 aliphatic carbocycles. The van der Waals surface area contributed by atoms with Crippen LogP contribution >= 0.6 is 11.8 Å². The van der Waals surface area contributed by atoms with Crippen LogP contribution in [-0.2, 0) is 19.6 Å². The number of hydrogen-bond donors (Lipinski definition) is 0. The van der Waals surface area contributed by atoms with Gasteiger partial charge in [-0.3, -0.25) is 9.59 Å². The molecule has 3 aliphatic heterocycles. The minimum absolute atomic E-state index is 0.0485. The Kier molecular flexibility index (Phi) is 5.43. The van der Waals surface area contributed by atoms with Gasteiger partial charge < -0.3 is 9.80 Å². The number of amides is 2. The third-order valence-electron chi connectivity index (χ3n) is 6.48. The van der Waals surface area contributed by atoms with Crippen molar-refractivity contribution in [2.24, 2.45) is 0 Å². The first-order chi connectivity index (χ1) is 14.0. The van der Waals surface area contributed by atoms with E-state index < -0.39 is 16.1 Å². The number of carbonyl (C=O) groups is 2. The summed E-state index contributed by atoms with van der Waals surface area (Å²) in [5.41, 5.74) is 2.54. The standard InChI is InChI=1S/C21H29N3O4S2/c1-14-11-15(2)19(16(3)12-14)30(27,28)23-9-7-22(8-10-23)20(26)17-13-29-21(4)6-5-18(25)24(17)21/h11-12,17H,5-10,13H2,1-4H3/t17-,21-/m0/s1. The van der Waals surface area contributed by atoms with Gasteiger partial charge in [0.1, 0.15) is 6.04 Å². The Hall–Kier alpha value is -1.58. The third-order valence-corrected chi connectivity index (χ3v) is 10.2. The number of sulfonamides is 1. The van der Waals surface area contributed by atoms with Crippen LogP contribution in [0.25, 0.3) is 0 Å². The summed E-state index contributed by atoms with van der Waals surface area (Å²) in [5, 5.41) is 0. The Morgan fingerprint density at radius 3 is 2.30 bits per heavy atom. The molecule has 1 aromatic rings. The smallest absolute Gasteiger partial charge is 0.246 e. The number of thioether (sulfide) groups is 1. The van der Waals surface area contributed by atoms with E-state index in [9.17, 15) is 18.0 Å². The van der Waals surface area contributed by atoms with Gasteiger partial charge in [-0.2, -0.15) is 4.31 Å². The van der Waals surface area contributed by atoms with Gasteiger partial charge in [0, 0.05) is 38.4 Å². The van der Waals surface area contributed by atoms with Gasteiger partial charge in [-0.05, 0) is 45.2 Å². The largest absolute Gasteiger partial charge is 0.338 e. The van der Waals surface area contributed by atoms with Crippen molar-refractivity contribution in [3.05, 3.63) is 28.8 Å². The highest BCUT2D eigenvalue weighted by Gasteiger charge is 2.53. The van der Waals surface area contributed by atoms with Crippen molar-refractivity contribution in [3.63, 3.8) is 0 Å². The maximum absolute atomic E-state index is 13.3. The first-order valence-corrected chi connectivity index (χ1v) is 12.8. The quantitative estimate of drug-likeness (QED) is 0.701. The molecule has 0 unspecified atom stereocenters. The van der Waals surface area contributed by atoms with Crippen LogP contribution in [0.15, 0.2) is 17.0 Å². The summed E-state index contributed by atoms with van der Waals surface area (Å²) in [7, 11) is -3.61. The molecular formula is C21H29N3O4S2. The van der Waals surface area contributed by atoms with E-state index in [1.54, 1.807) is 21.6 Å². The molecule has 0 radical (unpaired) electrons. The molecular weight excluding hydrogens is 422 g/mol. The maximum Gasteiger partial charge on any atom is 0.246 e. The Morgan fingerprint density at radius 2 is 1.70 bits per heavy atom. The van der Waals surface area contributed by atoms with Gasteiger partial charge >= 0.3 is 0 Å². The highest BCUT2D eigenvalue weighted by Crippen LogP contribution is 2.47. The first-order valence-electron chi connectivity index (χ1n) is 10.4. The second-order valence-corrected chi connectivity index (χ2v) is 12.1. The van der Waals surface area contributed by atoms with Gasteiger partial charge in [-0.15, -0.1) is 11.8 Å². The minimum Gasteiger partial charge on any atom is -0.338 e. The number of benzene rings is 1. The normalized spacial score (nSPS) is 27.6. The summed E-state index contributed by atoms with van der Waals surface area (Å²) < 4.78 is 28.0. The van der Waals surface area contributed by atoms with Crippen LogP contribution in [0.4, 0.5) is 0 Å². The molecule has 0 bridgehead atoms. The van der Waals surface area contributed by atoms with Gasteiger partial charge in [0.2, 0.25) is 21.8 Å². The topological polar surface area (TPSA) is 78.0 Å². The van der Waals surface area contributed by atoms with E-state index in [1.807, 2.05) is 39.8 Å². The molecule has 0 spiro atoms. The van der Waals surface area contributed by atoms with Crippen LogP contribution in [-0.4, -0.2) is 77.2 Å². The summed E-state index contributed by atoms with van der Waals surface area (Å²) in [4.78, 5) is 29.1. The molecule has 2 atom stereocenters. The summed E-state index contributed by atoms with van der Waals surface area (Å²) in [6, 6.07) is 3.35. The van der Waals surface area contributed by atoms with Crippen molar-refractivity contribution in [2.75, 3.05) is 31.9 Å². The van der Waals surface area contributed by atoms with E-state index in [0.717, 1.165) is 23.1 Å². The number of hydrogen-bond acceptors (Lipinski definition) is 5. The molecule has 3 fully saturated rings. The van der Waals surface area contributed by atoms with Gasteiger partial charge in [0.25, 0.3) is 0 Å². The number of fused-ring (bicyclic) bond motifs is 1. The summed E-state index contributed by atoms with van der Waals surface area (Å²) in [5.74, 6) is 0.607. The molecule has 2 amide bonds. The zero-order chi connectivity index (χ0) is 21.8. The van der Waals surface area contributed by atoms with Crippen molar-refractivity contribution in [1.29, 1.82) is 0 Å². The average molecular weight is 452 g/mol. The van der Waals surface area contributed by atoms with Crippen LogP contribution < -0.4 is 0 Å². The van der Waals surface area contributed by atoms with Gasteiger partial charge in [-0.25, -0.2) is 8.42 Å². The monoisotopic (exact) mass is 451 g/mol. The first kappa shape index (κ1) is 21.6. The zero-order valence-electron chi connectivity index (χ0n) is 18.0. The van der Waals surface area contributed by atoms with Crippen LogP contribution in [0.1, 0.15) is 36.5 Å². The minimum atomic E-state index is -3.61. The molecule has 4 rings (SSSR count). The summed E-state index contributed by atoms with van der Waals surface area (Å²) >= 11 is 1.68. The fourth-order valence-corrected chi connectivity index (χ4v) is 8.32. The van der Waals surface area contributed by atoms with Gasteiger partial charge in [-0.1, -0.05) is 17.7 Å². The Balaban J connectivity index is 1.47. The lowest BCUT2D eigenvalue weighted by atomic mass is 10.1. The van der Waals surface area contributed by atoms with Crippen molar-refractivity contribution in [1.82, 2.24) is 14.1 Å². The number of piperazine rings is 1. The average Bonchev–Trinajstić information content (AvgIpc) is 3.16. The lowest BCUT2D eigenvalue weighted by Crippen LogP contribution is -2.56. The van der Waals surface area contributed by atoms with E-state index in [0.29, 0.717) is 30.2 Å². The number of aryl methyl sites for hydroxylation is 3. The molecule has 3 heterocycles. The molecule has 9 heteroatoms. The van der Waals surface area contributed by atoms with Crippen LogP contribution in [0.2, 0.25) is 0 Å². The van der Waals surface area contributed by atoms with E-state index in [-0.39, 0.29) is 29.8 Å². The van der Waals surface area contributed by atoms with Crippen molar-refractivity contribution in [3.8, 4) is 0 Å². The Bertz CT molecular complexity index is 978.